The van der Waals surface area contributed by atoms with Crippen molar-refractivity contribution in [2.75, 3.05) is 0 Å². The van der Waals surface area contributed by atoms with Gasteiger partial charge in [-0.3, -0.25) is 9.78 Å². The number of pyridine rings is 1. The number of nitrogens with two attached hydrogens (primary N) is 1. The molecular weight excluding hydrogens is 286 g/mol. The number of nitrogens with zero attached hydrogens (tertiary/aromatic N) is 2. The predicted molar refractivity (Wildman–Crippen MR) is 84.1 cm³/mol. The van der Waals surface area contributed by atoms with E-state index in [-0.39, 0.29) is 24.0 Å². The largest absolute Gasteiger partial charge is 0.332 e. The third kappa shape index (κ3) is 2.28. The van der Waals surface area contributed by atoms with Crippen LogP contribution in [0.15, 0.2) is 30.5 Å². The molecule has 3 rings (SSSR count). The molecule has 1 amide bonds. The lowest BCUT2D eigenvalue weighted by Gasteiger charge is -2.31. The van der Waals surface area contributed by atoms with Crippen molar-refractivity contribution in [2.24, 2.45) is 5.73 Å². The van der Waals surface area contributed by atoms with E-state index < -0.39 is 0 Å². The van der Waals surface area contributed by atoms with Crippen molar-refractivity contribution in [1.82, 2.24) is 9.88 Å². The molecule has 0 radical (unpaired) electrons. The number of halogens is 1. The van der Waals surface area contributed by atoms with Crippen LogP contribution in [0.1, 0.15) is 31.9 Å². The average molecular weight is 304 g/mol. The van der Waals surface area contributed by atoms with Crippen LogP contribution in [-0.2, 0) is 4.79 Å². The molecule has 2 N–H and O–H groups in total. The monoisotopic (exact) mass is 303 g/mol. The molecule has 1 aromatic carbocycles. The zero-order chi connectivity index (χ0) is 15.1. The minimum Gasteiger partial charge on any atom is -0.332 e. The van der Waals surface area contributed by atoms with Gasteiger partial charge in [0.25, 0.3) is 0 Å². The predicted octanol–water partition coefficient (Wildman–Crippen LogP) is 2.90. The lowest BCUT2D eigenvalue weighted by atomic mass is 9.97. The Labute approximate surface area is 128 Å². The van der Waals surface area contributed by atoms with Crippen LogP contribution in [-0.4, -0.2) is 27.9 Å². The highest BCUT2D eigenvalue weighted by atomic mass is 35.5. The van der Waals surface area contributed by atoms with Crippen LogP contribution in [0, 0.1) is 0 Å². The van der Waals surface area contributed by atoms with Crippen molar-refractivity contribution < 1.29 is 4.79 Å². The molecule has 1 fully saturated rings. The summed E-state index contributed by atoms with van der Waals surface area (Å²) in [6.45, 7) is 4.02. The standard InChI is InChI=1S/C16H18ClN3O/c1-9(2)20-14(21)8-13(18)16(20)11-5-6-12(17)10-4-3-7-19-15(10)11/h3-7,9,13,16H,8,18H2,1-2H3. The highest BCUT2D eigenvalue weighted by molar-refractivity contribution is 6.35. The summed E-state index contributed by atoms with van der Waals surface area (Å²) in [5.41, 5.74) is 8.03. The molecule has 21 heavy (non-hydrogen) atoms. The summed E-state index contributed by atoms with van der Waals surface area (Å²) in [5, 5.41) is 1.56. The number of fused-ring (bicyclic) bond motifs is 1. The first-order valence-electron chi connectivity index (χ1n) is 7.10. The lowest BCUT2D eigenvalue weighted by Crippen LogP contribution is -2.37. The van der Waals surface area contributed by atoms with Gasteiger partial charge >= 0.3 is 0 Å². The third-order valence-corrected chi connectivity index (χ3v) is 4.36. The van der Waals surface area contributed by atoms with Crippen LogP contribution in [0.4, 0.5) is 0 Å². The normalized spacial score (nSPS) is 22.5. The van der Waals surface area contributed by atoms with E-state index in [0.29, 0.717) is 11.4 Å². The van der Waals surface area contributed by atoms with E-state index in [4.69, 9.17) is 17.3 Å². The molecule has 4 nitrogen and oxygen atoms in total. The van der Waals surface area contributed by atoms with Gasteiger partial charge in [0.2, 0.25) is 5.91 Å². The summed E-state index contributed by atoms with van der Waals surface area (Å²) in [7, 11) is 0. The Morgan fingerprint density at radius 2 is 2.14 bits per heavy atom. The fourth-order valence-corrected chi connectivity index (χ4v) is 3.38. The number of likely N-dealkylation sites (tertiary alicyclic amines) is 1. The SMILES string of the molecule is CC(C)N1C(=O)CC(N)C1c1ccc(Cl)c2cccnc12. The molecule has 1 aliphatic rings. The number of carbonyl (C=O) groups excluding carboxylic acids is 1. The number of carbonyl (C=O) groups is 1. The first-order chi connectivity index (χ1) is 10.0. The molecule has 2 heterocycles. The molecule has 1 saturated heterocycles. The van der Waals surface area contributed by atoms with E-state index in [1.165, 1.54) is 0 Å². The molecule has 5 heteroatoms. The van der Waals surface area contributed by atoms with E-state index in [2.05, 4.69) is 4.98 Å². The summed E-state index contributed by atoms with van der Waals surface area (Å²) in [6, 6.07) is 7.34. The molecule has 0 bridgehead atoms. The van der Waals surface area contributed by atoms with Crippen LogP contribution in [0.5, 0.6) is 0 Å². The van der Waals surface area contributed by atoms with Gasteiger partial charge in [0.1, 0.15) is 0 Å². The summed E-state index contributed by atoms with van der Waals surface area (Å²) in [6.07, 6.45) is 2.12. The minimum absolute atomic E-state index is 0.0986. The second kappa shape index (κ2) is 5.28. The summed E-state index contributed by atoms with van der Waals surface area (Å²) in [5.74, 6) is 0.0986. The summed E-state index contributed by atoms with van der Waals surface area (Å²) < 4.78 is 0. The number of hydrogen-bond acceptors (Lipinski definition) is 3. The first kappa shape index (κ1) is 14.3. The quantitative estimate of drug-likeness (QED) is 0.928. The molecule has 0 saturated carbocycles. The maximum atomic E-state index is 12.2. The highest BCUT2D eigenvalue weighted by Crippen LogP contribution is 2.38. The number of hydrogen-bond donors (Lipinski definition) is 1. The number of benzene rings is 1. The Morgan fingerprint density at radius 1 is 1.38 bits per heavy atom. The molecule has 1 aliphatic heterocycles. The van der Waals surface area contributed by atoms with Crippen LogP contribution in [0.2, 0.25) is 5.02 Å². The van der Waals surface area contributed by atoms with Gasteiger partial charge in [-0.2, -0.15) is 0 Å². The van der Waals surface area contributed by atoms with Crippen molar-refractivity contribution in [3.8, 4) is 0 Å². The van der Waals surface area contributed by atoms with Crippen molar-refractivity contribution in [1.29, 1.82) is 0 Å². The molecule has 2 unspecified atom stereocenters. The lowest BCUT2D eigenvalue weighted by molar-refractivity contribution is -0.130. The fraction of sp³-hybridized carbons (Fsp3) is 0.375. The van der Waals surface area contributed by atoms with Crippen molar-refractivity contribution in [2.45, 2.75) is 38.4 Å². The average Bonchev–Trinajstić information content (AvgIpc) is 2.74. The van der Waals surface area contributed by atoms with E-state index in [0.717, 1.165) is 16.5 Å². The summed E-state index contributed by atoms with van der Waals surface area (Å²) >= 11 is 6.25. The molecule has 2 aromatic rings. The van der Waals surface area contributed by atoms with Gasteiger partial charge in [0.05, 0.1) is 11.6 Å². The molecule has 0 spiro atoms. The van der Waals surface area contributed by atoms with E-state index >= 15 is 0 Å². The number of amides is 1. The zero-order valence-electron chi connectivity index (χ0n) is 12.1. The minimum atomic E-state index is -0.216. The van der Waals surface area contributed by atoms with E-state index in [1.807, 2.05) is 43.0 Å². The first-order valence-corrected chi connectivity index (χ1v) is 7.48. The van der Waals surface area contributed by atoms with Crippen LogP contribution in [0.3, 0.4) is 0 Å². The topological polar surface area (TPSA) is 59.2 Å². The molecule has 2 atom stereocenters. The molecule has 1 aromatic heterocycles. The molecule has 110 valence electrons. The Balaban J connectivity index is 2.20. The fourth-order valence-electron chi connectivity index (χ4n) is 3.17. The Morgan fingerprint density at radius 3 is 2.86 bits per heavy atom. The van der Waals surface area contributed by atoms with E-state index in [9.17, 15) is 4.79 Å². The van der Waals surface area contributed by atoms with Gasteiger partial charge in [0.15, 0.2) is 0 Å². The molecular formula is C16H18ClN3O. The Bertz CT molecular complexity index is 701. The smallest absolute Gasteiger partial charge is 0.225 e. The molecule has 0 aliphatic carbocycles. The van der Waals surface area contributed by atoms with Crippen molar-refractivity contribution in [3.63, 3.8) is 0 Å². The van der Waals surface area contributed by atoms with Gasteiger partial charge in [-0.1, -0.05) is 17.7 Å². The highest BCUT2D eigenvalue weighted by Gasteiger charge is 2.40. The van der Waals surface area contributed by atoms with Crippen LogP contribution in [0.25, 0.3) is 10.9 Å². The Kier molecular flexibility index (Phi) is 3.59. The van der Waals surface area contributed by atoms with Gasteiger partial charge in [-0.15, -0.1) is 0 Å². The zero-order valence-corrected chi connectivity index (χ0v) is 12.8. The second-order valence-corrected chi connectivity index (χ2v) is 6.15. The van der Waals surface area contributed by atoms with Crippen LogP contribution >= 0.6 is 11.6 Å². The van der Waals surface area contributed by atoms with Gasteiger partial charge in [-0.25, -0.2) is 0 Å². The maximum absolute atomic E-state index is 12.2. The van der Waals surface area contributed by atoms with Gasteiger partial charge in [0, 0.05) is 40.7 Å². The maximum Gasteiger partial charge on any atom is 0.225 e. The number of rotatable bonds is 2. The van der Waals surface area contributed by atoms with Gasteiger partial charge in [-0.05, 0) is 32.0 Å². The van der Waals surface area contributed by atoms with Crippen LogP contribution < -0.4 is 5.73 Å². The third-order valence-electron chi connectivity index (χ3n) is 4.03. The summed E-state index contributed by atoms with van der Waals surface area (Å²) in [4.78, 5) is 18.5. The van der Waals surface area contributed by atoms with Gasteiger partial charge < -0.3 is 10.6 Å². The Hall–Kier alpha value is -1.65. The van der Waals surface area contributed by atoms with E-state index in [1.54, 1.807) is 6.20 Å². The van der Waals surface area contributed by atoms with Crippen molar-refractivity contribution in [3.05, 3.63) is 41.0 Å². The number of aromatic nitrogens is 1. The van der Waals surface area contributed by atoms with Crippen molar-refractivity contribution >= 4 is 28.4 Å². The second-order valence-electron chi connectivity index (χ2n) is 5.74.